The molecule has 0 bridgehead atoms. The third kappa shape index (κ3) is 7.98. The number of nitrogens with two attached hydrogens (primary N) is 1. The monoisotopic (exact) mass is 361 g/mol. The van der Waals surface area contributed by atoms with E-state index in [2.05, 4.69) is 10.6 Å². The predicted octanol–water partition coefficient (Wildman–Crippen LogP) is 3.49. The Balaban J connectivity index is 0.000000321. The van der Waals surface area contributed by atoms with Gasteiger partial charge in [0.2, 0.25) is 5.91 Å². The van der Waals surface area contributed by atoms with E-state index < -0.39 is 0 Å². The second-order valence-corrected chi connectivity index (χ2v) is 6.00. The van der Waals surface area contributed by atoms with Crippen LogP contribution in [-0.2, 0) is 16.1 Å². The molecular weight excluding hydrogens is 333 g/mol. The fourth-order valence-electron chi connectivity index (χ4n) is 2.04. The highest BCUT2D eigenvalue weighted by Gasteiger charge is 2.03. The van der Waals surface area contributed by atoms with Gasteiger partial charge >= 0.3 is 0 Å². The van der Waals surface area contributed by atoms with E-state index >= 15 is 0 Å². The summed E-state index contributed by atoms with van der Waals surface area (Å²) in [4.78, 5) is 10.3. The molecule has 0 saturated carbocycles. The maximum absolute atomic E-state index is 13.5. The SMILES string of the molecule is COC(C)CNC(C)=O.Cc1ccccc1CNc1ccc(N)cc1F. The van der Waals surface area contributed by atoms with E-state index in [0.29, 0.717) is 24.5 Å². The summed E-state index contributed by atoms with van der Waals surface area (Å²) in [7, 11) is 1.62. The summed E-state index contributed by atoms with van der Waals surface area (Å²) in [6.45, 7) is 6.62. The van der Waals surface area contributed by atoms with Gasteiger partial charge in [-0.2, -0.15) is 0 Å². The van der Waals surface area contributed by atoms with Gasteiger partial charge in [0, 0.05) is 32.8 Å². The maximum Gasteiger partial charge on any atom is 0.216 e. The third-order valence-electron chi connectivity index (χ3n) is 3.76. The van der Waals surface area contributed by atoms with Crippen LogP contribution in [-0.4, -0.2) is 25.7 Å². The molecule has 2 aromatic carbocycles. The number of amides is 1. The molecule has 0 aliphatic heterocycles. The maximum atomic E-state index is 13.5. The van der Waals surface area contributed by atoms with Crippen molar-refractivity contribution < 1.29 is 13.9 Å². The van der Waals surface area contributed by atoms with Crippen LogP contribution in [0.3, 0.4) is 0 Å². The molecule has 5 nitrogen and oxygen atoms in total. The lowest BCUT2D eigenvalue weighted by Crippen LogP contribution is -2.29. The first kappa shape index (κ1) is 21.4. The number of halogens is 1. The second kappa shape index (κ2) is 11.1. The Morgan fingerprint density at radius 2 is 1.96 bits per heavy atom. The van der Waals surface area contributed by atoms with Crippen molar-refractivity contribution in [1.29, 1.82) is 0 Å². The second-order valence-electron chi connectivity index (χ2n) is 6.00. The first-order valence-electron chi connectivity index (χ1n) is 8.44. The highest BCUT2D eigenvalue weighted by atomic mass is 19.1. The minimum absolute atomic E-state index is 0.0149. The molecule has 1 amide bonds. The third-order valence-corrected chi connectivity index (χ3v) is 3.76. The Hall–Kier alpha value is -2.60. The Kier molecular flexibility index (Phi) is 9.15. The van der Waals surface area contributed by atoms with Crippen molar-refractivity contribution in [3.8, 4) is 0 Å². The summed E-state index contributed by atoms with van der Waals surface area (Å²) in [5.41, 5.74) is 8.75. The molecule has 4 N–H and O–H groups in total. The van der Waals surface area contributed by atoms with Gasteiger partial charge in [-0.3, -0.25) is 4.79 Å². The highest BCUT2D eigenvalue weighted by molar-refractivity contribution is 5.72. The summed E-state index contributed by atoms with van der Waals surface area (Å²) in [5.74, 6) is -0.336. The summed E-state index contributed by atoms with van der Waals surface area (Å²) < 4.78 is 18.4. The smallest absolute Gasteiger partial charge is 0.216 e. The zero-order chi connectivity index (χ0) is 19.5. The Morgan fingerprint density at radius 3 is 2.54 bits per heavy atom. The van der Waals surface area contributed by atoms with Gasteiger partial charge in [-0.1, -0.05) is 24.3 Å². The first-order valence-corrected chi connectivity index (χ1v) is 8.44. The van der Waals surface area contributed by atoms with Crippen LogP contribution in [0.2, 0.25) is 0 Å². The van der Waals surface area contributed by atoms with Crippen molar-refractivity contribution in [2.45, 2.75) is 33.4 Å². The van der Waals surface area contributed by atoms with Crippen LogP contribution < -0.4 is 16.4 Å². The molecular formula is C20H28FN3O2. The van der Waals surface area contributed by atoms with Crippen molar-refractivity contribution >= 4 is 17.3 Å². The van der Waals surface area contributed by atoms with E-state index in [1.807, 2.05) is 38.1 Å². The number of ether oxygens (including phenoxy) is 1. The molecule has 0 radical (unpaired) electrons. The van der Waals surface area contributed by atoms with Crippen molar-refractivity contribution in [2.75, 3.05) is 24.7 Å². The zero-order valence-electron chi connectivity index (χ0n) is 15.8. The van der Waals surface area contributed by atoms with Gasteiger partial charge in [0.25, 0.3) is 0 Å². The molecule has 0 aliphatic rings. The lowest BCUT2D eigenvalue weighted by atomic mass is 10.1. The number of aryl methyl sites for hydroxylation is 1. The molecule has 0 aliphatic carbocycles. The van der Waals surface area contributed by atoms with E-state index in [1.165, 1.54) is 18.6 Å². The Morgan fingerprint density at radius 1 is 1.27 bits per heavy atom. The van der Waals surface area contributed by atoms with E-state index in [9.17, 15) is 9.18 Å². The molecule has 0 spiro atoms. The number of carbonyl (C=O) groups excluding carboxylic acids is 1. The number of carbonyl (C=O) groups is 1. The van der Waals surface area contributed by atoms with E-state index in [1.54, 1.807) is 19.2 Å². The number of benzene rings is 2. The summed E-state index contributed by atoms with van der Waals surface area (Å²) in [6.07, 6.45) is 0.105. The number of anilines is 2. The molecule has 0 saturated heterocycles. The standard InChI is InChI=1S/C14H15FN2.C6H13NO2/c1-10-4-2-3-5-11(10)9-17-14-7-6-12(16)8-13(14)15;1-5(9-3)4-7-6(2)8/h2-8,17H,9,16H2,1H3;5H,4H2,1-3H3,(H,7,8). The fraction of sp³-hybridized carbons (Fsp3) is 0.350. The van der Waals surface area contributed by atoms with Crippen LogP contribution in [0.5, 0.6) is 0 Å². The van der Waals surface area contributed by atoms with Gasteiger partial charge in [-0.25, -0.2) is 4.39 Å². The molecule has 2 aromatic rings. The van der Waals surface area contributed by atoms with Crippen molar-refractivity contribution in [1.82, 2.24) is 5.32 Å². The van der Waals surface area contributed by atoms with Gasteiger partial charge in [0.1, 0.15) is 5.82 Å². The molecule has 2 rings (SSSR count). The van der Waals surface area contributed by atoms with E-state index in [-0.39, 0.29) is 17.8 Å². The van der Waals surface area contributed by atoms with Crippen LogP contribution in [0, 0.1) is 12.7 Å². The zero-order valence-corrected chi connectivity index (χ0v) is 15.8. The molecule has 6 heteroatoms. The Labute approximate surface area is 154 Å². The van der Waals surface area contributed by atoms with Crippen LogP contribution in [0.15, 0.2) is 42.5 Å². The molecule has 26 heavy (non-hydrogen) atoms. The largest absolute Gasteiger partial charge is 0.399 e. The highest BCUT2D eigenvalue weighted by Crippen LogP contribution is 2.18. The number of hydrogen-bond acceptors (Lipinski definition) is 4. The lowest BCUT2D eigenvalue weighted by molar-refractivity contribution is -0.119. The van der Waals surface area contributed by atoms with Gasteiger partial charge < -0.3 is 21.1 Å². The van der Waals surface area contributed by atoms with Gasteiger partial charge in [0.15, 0.2) is 0 Å². The van der Waals surface area contributed by atoms with Crippen molar-refractivity contribution in [3.63, 3.8) is 0 Å². The summed E-state index contributed by atoms with van der Waals surface area (Å²) in [5, 5.41) is 5.70. The average molecular weight is 361 g/mol. The minimum Gasteiger partial charge on any atom is -0.399 e. The van der Waals surface area contributed by atoms with Gasteiger partial charge in [-0.05, 0) is 43.2 Å². The fourth-order valence-corrected chi connectivity index (χ4v) is 2.04. The number of rotatable bonds is 6. The summed E-state index contributed by atoms with van der Waals surface area (Å²) >= 11 is 0. The molecule has 0 aromatic heterocycles. The Bertz CT molecular complexity index is 707. The van der Waals surface area contributed by atoms with Gasteiger partial charge in [-0.15, -0.1) is 0 Å². The molecule has 1 unspecified atom stereocenters. The topological polar surface area (TPSA) is 76.4 Å². The average Bonchev–Trinajstić information content (AvgIpc) is 2.60. The number of methoxy groups -OCH3 is 1. The van der Waals surface area contributed by atoms with Crippen molar-refractivity contribution in [2.24, 2.45) is 0 Å². The molecule has 0 fully saturated rings. The lowest BCUT2D eigenvalue weighted by Gasteiger charge is -2.10. The van der Waals surface area contributed by atoms with Gasteiger partial charge in [0.05, 0.1) is 11.8 Å². The molecule has 0 heterocycles. The molecule has 1 atom stereocenters. The van der Waals surface area contributed by atoms with Crippen LogP contribution in [0.1, 0.15) is 25.0 Å². The number of hydrogen-bond donors (Lipinski definition) is 3. The number of nitrogen functional groups attached to an aromatic ring is 1. The minimum atomic E-state index is -0.321. The van der Waals surface area contributed by atoms with Crippen LogP contribution in [0.4, 0.5) is 15.8 Å². The van der Waals surface area contributed by atoms with Crippen LogP contribution >= 0.6 is 0 Å². The van der Waals surface area contributed by atoms with E-state index in [0.717, 1.165) is 5.56 Å². The normalized spacial score (nSPS) is 11.1. The first-order chi connectivity index (χ1) is 12.3. The quantitative estimate of drug-likeness (QED) is 0.689. The van der Waals surface area contributed by atoms with Crippen LogP contribution in [0.25, 0.3) is 0 Å². The number of nitrogens with one attached hydrogen (secondary N) is 2. The van der Waals surface area contributed by atoms with Crippen molar-refractivity contribution in [3.05, 3.63) is 59.4 Å². The molecule has 142 valence electrons. The predicted molar refractivity (Wildman–Crippen MR) is 104 cm³/mol. The van der Waals surface area contributed by atoms with E-state index in [4.69, 9.17) is 10.5 Å². The summed E-state index contributed by atoms with van der Waals surface area (Å²) in [6, 6.07) is 12.7.